The summed E-state index contributed by atoms with van der Waals surface area (Å²) < 4.78 is 5.19. The molecule has 1 fully saturated rings. The lowest BCUT2D eigenvalue weighted by molar-refractivity contribution is 0.0487. The van der Waals surface area contributed by atoms with Gasteiger partial charge in [-0.1, -0.05) is 12.2 Å². The standard InChI is InChI=1S/C14H24N2O4/c1-9-6-7-11(8-16(10(9)2)13(18)19)15-12(17)20-14(3,4)5/h10-11H,1,6-8H2,2-5H3,(H,15,17)(H,18,19)/t10-,11-/m0/s1. The predicted molar refractivity (Wildman–Crippen MR) is 75.7 cm³/mol. The monoisotopic (exact) mass is 284 g/mol. The molecule has 0 aromatic rings. The number of carboxylic acid groups (broad SMARTS) is 1. The number of nitrogens with one attached hydrogen (secondary N) is 1. The first-order chi connectivity index (χ1) is 9.10. The zero-order chi connectivity index (χ0) is 15.5. The topological polar surface area (TPSA) is 78.9 Å². The Morgan fingerprint density at radius 3 is 2.55 bits per heavy atom. The van der Waals surface area contributed by atoms with Gasteiger partial charge < -0.3 is 15.2 Å². The SMILES string of the molecule is C=C1CC[C@H](NC(=O)OC(C)(C)C)CN(C(=O)O)[C@H]1C. The molecule has 6 nitrogen and oxygen atoms in total. The Hall–Kier alpha value is -1.72. The third-order valence-corrected chi connectivity index (χ3v) is 3.26. The van der Waals surface area contributed by atoms with Crippen molar-refractivity contribution in [2.75, 3.05) is 6.54 Å². The molecule has 2 atom stereocenters. The molecule has 0 bridgehead atoms. The smallest absolute Gasteiger partial charge is 0.407 e. The van der Waals surface area contributed by atoms with E-state index in [9.17, 15) is 14.7 Å². The second kappa shape index (κ2) is 6.15. The van der Waals surface area contributed by atoms with Gasteiger partial charge in [0, 0.05) is 6.54 Å². The molecule has 1 heterocycles. The van der Waals surface area contributed by atoms with Gasteiger partial charge in [0.25, 0.3) is 0 Å². The zero-order valence-corrected chi connectivity index (χ0v) is 12.6. The summed E-state index contributed by atoms with van der Waals surface area (Å²) in [6.45, 7) is 11.3. The van der Waals surface area contributed by atoms with Crippen LogP contribution >= 0.6 is 0 Å². The van der Waals surface area contributed by atoms with Gasteiger partial charge in [0.2, 0.25) is 0 Å². The summed E-state index contributed by atoms with van der Waals surface area (Å²) in [6, 6.07) is -0.499. The molecule has 2 N–H and O–H groups in total. The van der Waals surface area contributed by atoms with Gasteiger partial charge in [0.05, 0.1) is 12.1 Å². The summed E-state index contributed by atoms with van der Waals surface area (Å²) in [5.74, 6) is 0. The van der Waals surface area contributed by atoms with Crippen LogP contribution in [0.25, 0.3) is 0 Å². The Morgan fingerprint density at radius 2 is 2.05 bits per heavy atom. The third-order valence-electron chi connectivity index (χ3n) is 3.26. The fourth-order valence-corrected chi connectivity index (χ4v) is 2.11. The van der Waals surface area contributed by atoms with Crippen LogP contribution in [0.1, 0.15) is 40.5 Å². The highest BCUT2D eigenvalue weighted by Crippen LogP contribution is 2.21. The quantitative estimate of drug-likeness (QED) is 0.725. The van der Waals surface area contributed by atoms with Crippen molar-refractivity contribution in [3.63, 3.8) is 0 Å². The molecule has 0 radical (unpaired) electrons. The maximum Gasteiger partial charge on any atom is 0.407 e. The Balaban J connectivity index is 2.69. The van der Waals surface area contributed by atoms with E-state index >= 15 is 0 Å². The maximum atomic E-state index is 11.8. The first-order valence-electron chi connectivity index (χ1n) is 6.77. The number of hydrogen-bond donors (Lipinski definition) is 2. The van der Waals surface area contributed by atoms with E-state index in [0.717, 1.165) is 5.57 Å². The van der Waals surface area contributed by atoms with Crippen LogP contribution in [0.3, 0.4) is 0 Å². The van der Waals surface area contributed by atoms with Gasteiger partial charge in [-0.05, 0) is 40.5 Å². The fraction of sp³-hybridized carbons (Fsp3) is 0.714. The van der Waals surface area contributed by atoms with E-state index in [1.807, 2.05) is 6.92 Å². The predicted octanol–water partition coefficient (Wildman–Crippen LogP) is 2.60. The number of amides is 2. The lowest BCUT2D eigenvalue weighted by Gasteiger charge is -2.28. The lowest BCUT2D eigenvalue weighted by atomic mass is 10.1. The second-order valence-corrected chi connectivity index (χ2v) is 6.15. The number of rotatable bonds is 1. The van der Waals surface area contributed by atoms with Crippen LogP contribution in [0, 0.1) is 0 Å². The van der Waals surface area contributed by atoms with E-state index in [1.54, 1.807) is 20.8 Å². The van der Waals surface area contributed by atoms with Crippen molar-refractivity contribution in [3.05, 3.63) is 12.2 Å². The number of nitrogens with zero attached hydrogens (tertiary/aromatic N) is 1. The average Bonchev–Trinajstić information content (AvgIpc) is 2.39. The molecule has 0 aromatic carbocycles. The first kappa shape index (κ1) is 16.3. The second-order valence-electron chi connectivity index (χ2n) is 6.15. The van der Waals surface area contributed by atoms with Crippen LogP contribution in [0.2, 0.25) is 0 Å². The van der Waals surface area contributed by atoms with Crippen LogP contribution in [0.15, 0.2) is 12.2 Å². The van der Waals surface area contributed by atoms with Gasteiger partial charge >= 0.3 is 12.2 Å². The normalized spacial score (nSPS) is 24.0. The summed E-state index contributed by atoms with van der Waals surface area (Å²) in [4.78, 5) is 24.3. The van der Waals surface area contributed by atoms with Gasteiger partial charge in [-0.3, -0.25) is 4.90 Å². The molecule has 0 spiro atoms. The van der Waals surface area contributed by atoms with E-state index in [2.05, 4.69) is 11.9 Å². The first-order valence-corrected chi connectivity index (χ1v) is 6.77. The van der Waals surface area contributed by atoms with E-state index in [4.69, 9.17) is 4.74 Å². The summed E-state index contributed by atoms with van der Waals surface area (Å²) in [6.07, 6.45) is -0.179. The molecule has 114 valence electrons. The number of carbonyl (C=O) groups is 2. The van der Waals surface area contributed by atoms with Gasteiger partial charge in [-0.15, -0.1) is 0 Å². The number of ether oxygens (including phenoxy) is 1. The van der Waals surface area contributed by atoms with Crippen molar-refractivity contribution in [2.45, 2.75) is 58.2 Å². The molecule has 1 saturated heterocycles. The minimum atomic E-state index is -1.00. The number of alkyl carbamates (subject to hydrolysis) is 1. The largest absolute Gasteiger partial charge is 0.465 e. The Labute approximate surface area is 119 Å². The molecule has 1 aliphatic rings. The molecule has 6 heteroatoms. The number of carbonyl (C=O) groups excluding carboxylic acids is 1. The summed E-state index contributed by atoms with van der Waals surface area (Å²) in [5.41, 5.74) is 0.291. The van der Waals surface area contributed by atoms with Crippen LogP contribution in [0.4, 0.5) is 9.59 Å². The summed E-state index contributed by atoms with van der Waals surface area (Å²) in [5, 5.41) is 12.0. The molecule has 0 saturated carbocycles. The molecule has 0 unspecified atom stereocenters. The lowest BCUT2D eigenvalue weighted by Crippen LogP contribution is -2.47. The van der Waals surface area contributed by atoms with Gasteiger partial charge in [-0.2, -0.15) is 0 Å². The van der Waals surface area contributed by atoms with Crippen LogP contribution < -0.4 is 5.32 Å². The highest BCUT2D eigenvalue weighted by Gasteiger charge is 2.30. The van der Waals surface area contributed by atoms with Crippen molar-refractivity contribution in [2.24, 2.45) is 0 Å². The van der Waals surface area contributed by atoms with Crippen molar-refractivity contribution >= 4 is 12.2 Å². The molecule has 2 amide bonds. The van der Waals surface area contributed by atoms with Gasteiger partial charge in [-0.25, -0.2) is 9.59 Å². The van der Waals surface area contributed by atoms with Crippen LogP contribution in [0.5, 0.6) is 0 Å². The summed E-state index contributed by atoms with van der Waals surface area (Å²) in [7, 11) is 0. The average molecular weight is 284 g/mol. The van der Waals surface area contributed by atoms with Gasteiger partial charge in [0.1, 0.15) is 5.60 Å². The van der Waals surface area contributed by atoms with Crippen molar-refractivity contribution in [1.29, 1.82) is 0 Å². The minimum Gasteiger partial charge on any atom is -0.465 e. The molecular formula is C14H24N2O4. The van der Waals surface area contributed by atoms with E-state index < -0.39 is 17.8 Å². The zero-order valence-electron chi connectivity index (χ0n) is 12.6. The Morgan fingerprint density at radius 1 is 1.45 bits per heavy atom. The minimum absolute atomic E-state index is 0.238. The maximum absolute atomic E-state index is 11.8. The van der Waals surface area contributed by atoms with Gasteiger partial charge in [0.15, 0.2) is 0 Å². The fourth-order valence-electron chi connectivity index (χ4n) is 2.11. The van der Waals surface area contributed by atoms with Crippen LogP contribution in [-0.4, -0.2) is 46.4 Å². The van der Waals surface area contributed by atoms with E-state index in [1.165, 1.54) is 4.90 Å². The number of hydrogen-bond acceptors (Lipinski definition) is 3. The van der Waals surface area contributed by atoms with E-state index in [-0.39, 0.29) is 18.6 Å². The molecular weight excluding hydrogens is 260 g/mol. The molecule has 1 rings (SSSR count). The number of likely N-dealkylation sites (tertiary alicyclic amines) is 1. The highest BCUT2D eigenvalue weighted by molar-refractivity contribution is 5.69. The van der Waals surface area contributed by atoms with E-state index in [0.29, 0.717) is 12.8 Å². The molecule has 1 aliphatic heterocycles. The molecule has 20 heavy (non-hydrogen) atoms. The Bertz CT molecular complexity index is 400. The van der Waals surface area contributed by atoms with Crippen molar-refractivity contribution < 1.29 is 19.4 Å². The summed E-state index contributed by atoms with van der Waals surface area (Å²) >= 11 is 0. The highest BCUT2D eigenvalue weighted by atomic mass is 16.6. The molecule has 0 aromatic heterocycles. The Kier molecular flexibility index (Phi) is 5.03. The van der Waals surface area contributed by atoms with Crippen molar-refractivity contribution in [1.82, 2.24) is 10.2 Å². The molecule has 0 aliphatic carbocycles. The van der Waals surface area contributed by atoms with Crippen molar-refractivity contribution in [3.8, 4) is 0 Å². The third kappa shape index (κ3) is 4.75. The van der Waals surface area contributed by atoms with Crippen LogP contribution in [-0.2, 0) is 4.74 Å².